The average Bonchev–Trinajstić information content (AvgIpc) is 3.54. The Morgan fingerprint density at radius 2 is 1.82 bits per heavy atom. The molecule has 3 N–H and O–H groups in total. The van der Waals surface area contributed by atoms with Gasteiger partial charge in [0.05, 0.1) is 11.9 Å². The van der Waals surface area contributed by atoms with Gasteiger partial charge < -0.3 is 15.1 Å². The quantitative estimate of drug-likeness (QED) is 0.160. The van der Waals surface area contributed by atoms with Crippen molar-refractivity contribution in [1.29, 1.82) is 10.8 Å². The second-order valence-corrected chi connectivity index (χ2v) is 12.3. The Bertz CT molecular complexity index is 1060. The molecular weight excluding hydrogens is 520 g/mol. The lowest BCUT2D eigenvalue weighted by molar-refractivity contribution is -0.130. The van der Waals surface area contributed by atoms with Crippen LogP contribution in [-0.2, 0) is 4.79 Å². The van der Waals surface area contributed by atoms with E-state index in [1.165, 1.54) is 18.3 Å². The van der Waals surface area contributed by atoms with Crippen molar-refractivity contribution < 1.29 is 18.4 Å². The summed E-state index contributed by atoms with van der Waals surface area (Å²) < 4.78 is 27.3. The molecule has 0 radical (unpaired) electrons. The van der Waals surface area contributed by atoms with E-state index in [1.807, 2.05) is 31.0 Å². The first-order valence-electron chi connectivity index (χ1n) is 13.9. The summed E-state index contributed by atoms with van der Waals surface area (Å²) in [4.78, 5) is 29.9. The van der Waals surface area contributed by atoms with Gasteiger partial charge in [0.25, 0.3) is 0 Å². The number of carbonyl (C=O) groups excluding carboxylic acids is 2. The zero-order chi connectivity index (χ0) is 28.9. The van der Waals surface area contributed by atoms with Crippen molar-refractivity contribution in [3.63, 3.8) is 0 Å². The Balaban J connectivity index is 1.69. The van der Waals surface area contributed by atoms with E-state index in [-0.39, 0.29) is 61.4 Å². The van der Waals surface area contributed by atoms with Gasteiger partial charge >= 0.3 is 0 Å². The summed E-state index contributed by atoms with van der Waals surface area (Å²) in [7, 11) is 0. The van der Waals surface area contributed by atoms with Crippen molar-refractivity contribution >= 4 is 34.7 Å². The van der Waals surface area contributed by atoms with Crippen molar-refractivity contribution in [2.24, 2.45) is 11.8 Å². The number of carbonyl (C=O) groups is 2. The minimum atomic E-state index is -2.69. The van der Waals surface area contributed by atoms with Crippen molar-refractivity contribution in [2.45, 2.75) is 103 Å². The maximum atomic E-state index is 13.6. The van der Waals surface area contributed by atoms with Crippen LogP contribution >= 0.6 is 11.3 Å². The summed E-state index contributed by atoms with van der Waals surface area (Å²) in [5.41, 5.74) is 0.598. The fourth-order valence-electron chi connectivity index (χ4n) is 5.70. The Hall–Kier alpha value is -2.62. The van der Waals surface area contributed by atoms with Gasteiger partial charge in [-0.2, -0.15) is 0 Å². The second kappa shape index (κ2) is 13.2. The van der Waals surface area contributed by atoms with E-state index in [9.17, 15) is 18.4 Å². The van der Waals surface area contributed by atoms with Gasteiger partial charge in [-0.15, -0.1) is 11.3 Å². The summed E-state index contributed by atoms with van der Waals surface area (Å²) >= 11 is 1.43. The number of amides is 1. The Morgan fingerprint density at radius 3 is 2.36 bits per heavy atom. The zero-order valence-corrected chi connectivity index (χ0v) is 24.4. The third-order valence-corrected chi connectivity index (χ3v) is 9.11. The molecule has 10 heteroatoms. The van der Waals surface area contributed by atoms with E-state index >= 15 is 0 Å². The number of hydrogen-bond acceptors (Lipinski definition) is 6. The molecule has 3 rings (SSSR count). The van der Waals surface area contributed by atoms with Crippen LogP contribution in [0.15, 0.2) is 24.2 Å². The topological polar surface area (TPSA) is 100 Å². The highest BCUT2D eigenvalue weighted by Crippen LogP contribution is 2.37. The van der Waals surface area contributed by atoms with Crippen LogP contribution in [0.5, 0.6) is 0 Å². The predicted molar refractivity (Wildman–Crippen MR) is 153 cm³/mol. The van der Waals surface area contributed by atoms with Crippen molar-refractivity contribution in [2.75, 3.05) is 6.54 Å². The van der Waals surface area contributed by atoms with Crippen LogP contribution < -0.4 is 5.32 Å². The van der Waals surface area contributed by atoms with Crippen LogP contribution in [0.3, 0.4) is 0 Å². The number of hydrogen-bond donors (Lipinski definition) is 3. The molecule has 2 saturated carbocycles. The lowest BCUT2D eigenvalue weighted by Gasteiger charge is -2.34. The SMILES string of the molecule is C=CN(CC[C@H](NC(=O)C1CCC(F)(F)CC1)c1cc(C(C)=O)cs1)C1CCC(N(C(C)=N)C(=N)C(C)C)C1. The largest absolute Gasteiger partial charge is 0.375 e. The molecule has 216 valence electrons. The summed E-state index contributed by atoms with van der Waals surface area (Å²) in [5.74, 6) is -2.50. The number of alkyl halides is 2. The summed E-state index contributed by atoms with van der Waals surface area (Å²) in [6.45, 7) is 11.8. The maximum Gasteiger partial charge on any atom is 0.248 e. The normalized spacial score (nSPS) is 21.8. The molecule has 3 atom stereocenters. The van der Waals surface area contributed by atoms with E-state index in [2.05, 4.69) is 16.8 Å². The van der Waals surface area contributed by atoms with Crippen LogP contribution in [0.2, 0.25) is 0 Å². The first kappa shape index (κ1) is 30.9. The highest BCUT2D eigenvalue weighted by atomic mass is 32.1. The number of thiophene rings is 1. The molecule has 2 aliphatic carbocycles. The van der Waals surface area contributed by atoms with Gasteiger partial charge in [-0.25, -0.2) is 8.78 Å². The third kappa shape index (κ3) is 7.96. The Morgan fingerprint density at radius 1 is 1.18 bits per heavy atom. The fraction of sp³-hybridized carbons (Fsp3) is 0.655. The number of nitrogens with one attached hydrogen (secondary N) is 3. The van der Waals surface area contributed by atoms with Crippen LogP contribution in [0.1, 0.15) is 100 Å². The van der Waals surface area contributed by atoms with E-state index in [0.29, 0.717) is 30.2 Å². The van der Waals surface area contributed by atoms with Crippen molar-refractivity contribution in [3.05, 3.63) is 34.7 Å². The van der Waals surface area contributed by atoms with E-state index < -0.39 is 11.8 Å². The van der Waals surface area contributed by atoms with Crippen LogP contribution in [0.4, 0.5) is 8.78 Å². The first-order valence-corrected chi connectivity index (χ1v) is 14.8. The minimum Gasteiger partial charge on any atom is -0.375 e. The summed E-state index contributed by atoms with van der Waals surface area (Å²) in [5, 5.41) is 21.6. The van der Waals surface area contributed by atoms with Gasteiger partial charge in [0, 0.05) is 59.1 Å². The van der Waals surface area contributed by atoms with Crippen LogP contribution in [0, 0.1) is 22.7 Å². The highest BCUT2D eigenvalue weighted by molar-refractivity contribution is 7.10. The van der Waals surface area contributed by atoms with Gasteiger partial charge in [0.2, 0.25) is 11.8 Å². The lowest BCUT2D eigenvalue weighted by atomic mass is 9.86. The first-order chi connectivity index (χ1) is 18.3. The van der Waals surface area contributed by atoms with Crippen LogP contribution in [-0.4, -0.2) is 57.7 Å². The number of rotatable bonds is 11. The molecule has 0 aromatic carbocycles. The van der Waals surface area contributed by atoms with Crippen molar-refractivity contribution in [1.82, 2.24) is 15.1 Å². The van der Waals surface area contributed by atoms with Crippen LogP contribution in [0.25, 0.3) is 0 Å². The molecule has 39 heavy (non-hydrogen) atoms. The Labute approximate surface area is 235 Å². The molecule has 0 spiro atoms. The van der Waals surface area contributed by atoms with Crippen molar-refractivity contribution in [3.8, 4) is 0 Å². The van der Waals surface area contributed by atoms with Gasteiger partial charge in [-0.1, -0.05) is 20.4 Å². The molecule has 1 amide bonds. The second-order valence-electron chi connectivity index (χ2n) is 11.3. The standard InChI is InChI=1S/C29H43F2N5O2S/c1-6-35(23-7-8-24(16-23)36(20(5)32)27(33)18(2)3)14-11-25(26-15-22(17-39-26)19(4)37)34-28(38)21-9-12-29(30,31)13-10-21/h6,15,17-18,21,23-25,32-33H,1,7-14,16H2,2-5H3,(H,34,38)/t23?,24?,25-/m0/s1. The summed E-state index contributed by atoms with van der Waals surface area (Å²) in [6.07, 6.45) is 4.80. The molecule has 1 heterocycles. The fourth-order valence-corrected chi connectivity index (χ4v) is 6.73. The van der Waals surface area contributed by atoms with E-state index in [0.717, 1.165) is 24.1 Å². The van der Waals surface area contributed by atoms with Gasteiger partial charge in [-0.3, -0.25) is 20.4 Å². The van der Waals surface area contributed by atoms with Gasteiger partial charge in [0.15, 0.2) is 5.78 Å². The molecule has 7 nitrogen and oxygen atoms in total. The molecule has 1 aromatic rings. The molecule has 2 aliphatic rings. The molecule has 0 saturated heterocycles. The Kier molecular flexibility index (Phi) is 10.4. The van der Waals surface area contributed by atoms with E-state index in [1.54, 1.807) is 12.3 Å². The minimum absolute atomic E-state index is 0.0327. The molecule has 0 aliphatic heterocycles. The third-order valence-electron chi connectivity index (χ3n) is 8.06. The lowest BCUT2D eigenvalue weighted by Crippen LogP contribution is -2.44. The highest BCUT2D eigenvalue weighted by Gasteiger charge is 2.38. The predicted octanol–water partition coefficient (Wildman–Crippen LogP) is 6.62. The molecule has 1 aromatic heterocycles. The number of nitrogens with zero attached hydrogens (tertiary/aromatic N) is 2. The number of Topliss-reactive ketones (excluding diaryl/α,β-unsaturated/α-hetero) is 1. The molecule has 2 fully saturated rings. The number of amidine groups is 2. The smallest absolute Gasteiger partial charge is 0.248 e. The monoisotopic (exact) mass is 563 g/mol. The number of halogens is 2. The van der Waals surface area contributed by atoms with E-state index in [4.69, 9.17) is 10.8 Å². The van der Waals surface area contributed by atoms with Gasteiger partial charge in [-0.05, 0) is 64.6 Å². The van der Waals surface area contributed by atoms with Gasteiger partial charge in [0.1, 0.15) is 5.84 Å². The molecule has 0 bridgehead atoms. The molecular formula is C29H43F2N5O2S. The zero-order valence-electron chi connectivity index (χ0n) is 23.6. The average molecular weight is 564 g/mol. The maximum absolute atomic E-state index is 13.6. The summed E-state index contributed by atoms with van der Waals surface area (Å²) in [6, 6.07) is 1.76. The number of ketones is 1. The molecule has 2 unspecified atom stereocenters.